The lowest BCUT2D eigenvalue weighted by Gasteiger charge is -2.12. The molecule has 1 aromatic carbocycles. The lowest BCUT2D eigenvalue weighted by atomic mass is 10.3. The largest absolute Gasteiger partial charge is 0.490 e. The predicted molar refractivity (Wildman–Crippen MR) is 117 cm³/mol. The Kier molecular flexibility index (Phi) is 13.0. The zero-order chi connectivity index (χ0) is 20.9. The average molecular weight is 512 g/mol. The second-order valence-electron chi connectivity index (χ2n) is 4.97. The molecule has 11 heteroatoms. The van der Waals surface area contributed by atoms with Gasteiger partial charge in [0.1, 0.15) is 27.9 Å². The van der Waals surface area contributed by atoms with Gasteiger partial charge >= 0.3 is 0 Å². The summed E-state index contributed by atoms with van der Waals surface area (Å²) >= 11 is 34.3. The molecule has 0 saturated carbocycles. The van der Waals surface area contributed by atoms with Crippen molar-refractivity contribution in [3.8, 4) is 11.5 Å². The van der Waals surface area contributed by atoms with E-state index in [1.807, 2.05) is 0 Å². The van der Waals surface area contributed by atoms with Crippen molar-refractivity contribution in [3.05, 3.63) is 43.3 Å². The van der Waals surface area contributed by atoms with E-state index in [1.54, 1.807) is 19.1 Å². The van der Waals surface area contributed by atoms with Crippen molar-refractivity contribution in [1.29, 1.82) is 0 Å². The highest BCUT2D eigenvalue weighted by atomic mass is 35.5. The molecule has 0 aromatic heterocycles. The van der Waals surface area contributed by atoms with E-state index in [4.69, 9.17) is 88.7 Å². The summed E-state index contributed by atoms with van der Waals surface area (Å²) in [6.07, 6.45) is 3.53. The van der Waals surface area contributed by atoms with Crippen LogP contribution in [-0.4, -0.2) is 32.3 Å². The van der Waals surface area contributed by atoms with Crippen molar-refractivity contribution in [2.24, 2.45) is 5.16 Å². The summed E-state index contributed by atoms with van der Waals surface area (Å²) < 4.78 is 16.6. The second-order valence-corrected chi connectivity index (χ2v) is 7.80. The summed E-state index contributed by atoms with van der Waals surface area (Å²) in [5.74, 6) is 1.19. The van der Waals surface area contributed by atoms with Crippen molar-refractivity contribution >= 4 is 75.5 Å². The van der Waals surface area contributed by atoms with Gasteiger partial charge in [-0.2, -0.15) is 0 Å². The van der Waals surface area contributed by atoms with Crippen molar-refractivity contribution in [2.75, 3.05) is 26.4 Å². The van der Waals surface area contributed by atoms with E-state index in [9.17, 15) is 0 Å². The molecule has 1 aromatic rings. The smallest absolute Gasteiger partial charge is 0.222 e. The minimum atomic E-state index is 0.110. The third kappa shape index (κ3) is 11.3. The molecule has 0 bridgehead atoms. The number of halogens is 6. The van der Waals surface area contributed by atoms with Crippen molar-refractivity contribution in [2.45, 2.75) is 13.3 Å². The molecule has 0 aliphatic heterocycles. The van der Waals surface area contributed by atoms with Crippen LogP contribution in [-0.2, 0) is 9.57 Å². The van der Waals surface area contributed by atoms with Gasteiger partial charge in [-0.15, -0.1) is 0 Å². The normalized spacial score (nSPS) is 10.9. The standard InChI is InChI=1S/C17H17Cl6NO4/c1-11(24-28-8-4-16(22)23)25-5-2-6-27-17-13(18)9-12(10-14(17)19)26-7-3-15(20)21/h3-4,9-10H,2,5-8H2,1H3. The highest BCUT2D eigenvalue weighted by Crippen LogP contribution is 2.37. The van der Waals surface area contributed by atoms with Crippen LogP contribution in [0.2, 0.25) is 10.0 Å². The third-order valence-corrected chi connectivity index (χ3v) is 3.99. The molecule has 0 heterocycles. The van der Waals surface area contributed by atoms with E-state index >= 15 is 0 Å². The maximum Gasteiger partial charge on any atom is 0.222 e. The number of hydrogen-bond acceptors (Lipinski definition) is 5. The Labute approximate surface area is 193 Å². The molecule has 0 unspecified atom stereocenters. The summed E-state index contributed by atoms with van der Waals surface area (Å²) in [5, 5.41) is 4.38. The van der Waals surface area contributed by atoms with E-state index < -0.39 is 0 Å². The van der Waals surface area contributed by atoms with Crippen molar-refractivity contribution in [1.82, 2.24) is 0 Å². The average Bonchev–Trinajstić information content (AvgIpc) is 2.60. The van der Waals surface area contributed by atoms with Gasteiger partial charge in [0.05, 0.1) is 23.3 Å². The second kappa shape index (κ2) is 14.3. The molecule has 0 N–H and O–H groups in total. The van der Waals surface area contributed by atoms with E-state index in [0.29, 0.717) is 47.1 Å². The first-order chi connectivity index (χ1) is 13.3. The molecule has 0 spiro atoms. The molecule has 1 rings (SSSR count). The third-order valence-electron chi connectivity index (χ3n) is 2.81. The van der Waals surface area contributed by atoms with Crippen LogP contribution in [0.5, 0.6) is 11.5 Å². The van der Waals surface area contributed by atoms with E-state index in [0.717, 1.165) is 0 Å². The molecule has 0 amide bonds. The van der Waals surface area contributed by atoms with Gasteiger partial charge in [-0.05, 0) is 12.2 Å². The van der Waals surface area contributed by atoms with E-state index in [-0.39, 0.29) is 22.2 Å². The Hall–Kier alpha value is -0.690. The summed E-state index contributed by atoms with van der Waals surface area (Å²) in [6, 6.07) is 3.18. The van der Waals surface area contributed by atoms with Crippen LogP contribution in [0.1, 0.15) is 13.3 Å². The number of nitrogens with zero attached hydrogens (tertiary/aromatic N) is 1. The fraction of sp³-hybridized carbons (Fsp3) is 0.353. The highest BCUT2D eigenvalue weighted by molar-refractivity contribution is 6.56. The van der Waals surface area contributed by atoms with Gasteiger partial charge in [0.2, 0.25) is 5.90 Å². The monoisotopic (exact) mass is 509 g/mol. The molecule has 0 atom stereocenters. The summed E-state index contributed by atoms with van der Waals surface area (Å²) in [6.45, 7) is 2.70. The van der Waals surface area contributed by atoms with Crippen LogP contribution in [0.25, 0.3) is 0 Å². The Morgan fingerprint density at radius 2 is 1.54 bits per heavy atom. The zero-order valence-corrected chi connectivity index (χ0v) is 19.2. The summed E-state index contributed by atoms with van der Waals surface area (Å²) in [4.78, 5) is 4.94. The quantitative estimate of drug-likeness (QED) is 0.137. The van der Waals surface area contributed by atoms with Crippen molar-refractivity contribution < 1.29 is 19.0 Å². The highest BCUT2D eigenvalue weighted by Gasteiger charge is 2.10. The number of benzene rings is 1. The summed E-state index contributed by atoms with van der Waals surface area (Å²) in [7, 11) is 0. The number of rotatable bonds is 11. The van der Waals surface area contributed by atoms with Crippen molar-refractivity contribution in [3.63, 3.8) is 0 Å². The zero-order valence-electron chi connectivity index (χ0n) is 14.7. The fourth-order valence-corrected chi connectivity index (χ4v) is 2.49. The molecular formula is C17H17Cl6NO4. The summed E-state index contributed by atoms with van der Waals surface area (Å²) in [5.41, 5.74) is 0. The Morgan fingerprint density at radius 1 is 0.929 bits per heavy atom. The SMILES string of the molecule is CC(=NOCC=C(Cl)Cl)OCCCOc1c(Cl)cc(OCC=C(Cl)Cl)cc1Cl. The van der Waals surface area contributed by atoms with Gasteiger partial charge in [0, 0.05) is 25.5 Å². The van der Waals surface area contributed by atoms with Crippen LogP contribution in [0.15, 0.2) is 38.4 Å². The van der Waals surface area contributed by atoms with Crippen LogP contribution >= 0.6 is 69.6 Å². The van der Waals surface area contributed by atoms with Crippen LogP contribution in [0.3, 0.4) is 0 Å². The molecule has 28 heavy (non-hydrogen) atoms. The van der Waals surface area contributed by atoms with Crippen LogP contribution in [0, 0.1) is 0 Å². The minimum Gasteiger partial charge on any atom is -0.490 e. The van der Waals surface area contributed by atoms with Crippen LogP contribution in [0.4, 0.5) is 0 Å². The van der Waals surface area contributed by atoms with Gasteiger partial charge < -0.3 is 19.0 Å². The Bertz CT molecular complexity index is 693. The van der Waals surface area contributed by atoms with E-state index in [2.05, 4.69) is 5.16 Å². The van der Waals surface area contributed by atoms with Crippen LogP contribution < -0.4 is 9.47 Å². The Balaban J connectivity index is 2.37. The molecule has 0 saturated heterocycles. The molecule has 0 radical (unpaired) electrons. The first-order valence-corrected chi connectivity index (χ1v) is 10.1. The first-order valence-electron chi connectivity index (χ1n) is 7.86. The fourth-order valence-electron chi connectivity index (χ4n) is 1.67. The molecule has 5 nitrogen and oxygen atoms in total. The first kappa shape index (κ1) is 25.3. The van der Waals surface area contributed by atoms with Gasteiger partial charge in [-0.1, -0.05) is 74.8 Å². The minimum absolute atomic E-state index is 0.110. The maximum absolute atomic E-state index is 6.19. The molecular weight excluding hydrogens is 495 g/mol. The lowest BCUT2D eigenvalue weighted by molar-refractivity contribution is 0.155. The molecule has 0 aliphatic rings. The topological polar surface area (TPSA) is 49.3 Å². The van der Waals surface area contributed by atoms with Gasteiger partial charge in [0.15, 0.2) is 5.75 Å². The number of hydrogen-bond donors (Lipinski definition) is 0. The van der Waals surface area contributed by atoms with Gasteiger partial charge in [0.25, 0.3) is 0 Å². The molecule has 156 valence electrons. The van der Waals surface area contributed by atoms with Gasteiger partial charge in [-0.3, -0.25) is 0 Å². The van der Waals surface area contributed by atoms with E-state index in [1.165, 1.54) is 12.2 Å². The Morgan fingerprint density at radius 3 is 2.14 bits per heavy atom. The van der Waals surface area contributed by atoms with Gasteiger partial charge in [-0.25, -0.2) is 0 Å². The lowest BCUT2D eigenvalue weighted by Crippen LogP contribution is -2.07. The predicted octanol–water partition coefficient (Wildman–Crippen LogP) is 7.15. The number of ether oxygens (including phenoxy) is 3. The maximum atomic E-state index is 6.19. The number of oxime groups is 1. The molecule has 0 fully saturated rings. The molecule has 0 aliphatic carbocycles.